The second-order valence-electron chi connectivity index (χ2n) is 4.47. The summed E-state index contributed by atoms with van der Waals surface area (Å²) in [7, 11) is 0. The van der Waals surface area contributed by atoms with Crippen LogP contribution in [-0.2, 0) is 0 Å². The van der Waals surface area contributed by atoms with Gasteiger partial charge in [0.15, 0.2) is 0 Å². The van der Waals surface area contributed by atoms with Crippen molar-refractivity contribution < 1.29 is 0 Å². The molecule has 0 aliphatic carbocycles. The van der Waals surface area contributed by atoms with Crippen molar-refractivity contribution >= 4 is 0 Å². The van der Waals surface area contributed by atoms with Gasteiger partial charge in [-0.3, -0.25) is 0 Å². The van der Waals surface area contributed by atoms with Gasteiger partial charge in [-0.05, 0) is 31.8 Å². The quantitative estimate of drug-likeness (QED) is 0.630. The monoisotopic (exact) mass is 198 g/mol. The minimum atomic E-state index is 0.977. The Labute approximate surface area is 89.1 Å². The Kier molecular flexibility index (Phi) is 6.20. The number of nitrogens with one attached hydrogen (secondary N) is 1. The van der Waals surface area contributed by atoms with Crippen molar-refractivity contribution in [2.24, 2.45) is 5.92 Å². The Balaban J connectivity index is 1.92. The Hall–Kier alpha value is -0.0800. The smallest absolute Gasteiger partial charge is 0.0107 e. The molecule has 0 aromatic heterocycles. The summed E-state index contributed by atoms with van der Waals surface area (Å²) >= 11 is 0. The van der Waals surface area contributed by atoms with E-state index < -0.39 is 0 Å². The molecule has 1 rings (SSSR count). The van der Waals surface area contributed by atoms with Gasteiger partial charge in [0.05, 0.1) is 0 Å². The SMILES string of the molecule is CCCCNCCN1CCC(CC)C1. The first kappa shape index (κ1) is 12.0. The molecule has 0 spiro atoms. The highest BCUT2D eigenvalue weighted by molar-refractivity contribution is 4.74. The summed E-state index contributed by atoms with van der Waals surface area (Å²) in [6.07, 6.45) is 5.40. The van der Waals surface area contributed by atoms with E-state index in [2.05, 4.69) is 24.1 Å². The van der Waals surface area contributed by atoms with E-state index in [9.17, 15) is 0 Å². The normalized spacial score (nSPS) is 23.1. The second kappa shape index (κ2) is 7.24. The van der Waals surface area contributed by atoms with Gasteiger partial charge in [0.25, 0.3) is 0 Å². The third-order valence-electron chi connectivity index (χ3n) is 3.26. The maximum Gasteiger partial charge on any atom is 0.0107 e. The molecule has 0 amide bonds. The van der Waals surface area contributed by atoms with Crippen LogP contribution in [0.5, 0.6) is 0 Å². The molecule has 14 heavy (non-hydrogen) atoms. The summed E-state index contributed by atoms with van der Waals surface area (Å²) in [4.78, 5) is 2.60. The van der Waals surface area contributed by atoms with Gasteiger partial charge in [-0.25, -0.2) is 0 Å². The van der Waals surface area contributed by atoms with Crippen LogP contribution in [0.2, 0.25) is 0 Å². The molecule has 0 aromatic carbocycles. The zero-order valence-corrected chi connectivity index (χ0v) is 9.89. The highest BCUT2D eigenvalue weighted by Crippen LogP contribution is 2.17. The number of nitrogens with zero attached hydrogens (tertiary/aromatic N) is 1. The average molecular weight is 198 g/mol. The molecule has 0 radical (unpaired) electrons. The third-order valence-corrected chi connectivity index (χ3v) is 3.26. The maximum absolute atomic E-state index is 3.50. The molecule has 1 fully saturated rings. The van der Waals surface area contributed by atoms with Gasteiger partial charge in [-0.1, -0.05) is 26.7 Å². The van der Waals surface area contributed by atoms with Gasteiger partial charge in [-0.2, -0.15) is 0 Å². The van der Waals surface area contributed by atoms with Gasteiger partial charge in [0, 0.05) is 19.6 Å². The maximum atomic E-state index is 3.50. The number of unbranched alkanes of at least 4 members (excludes halogenated alkanes) is 1. The molecular weight excluding hydrogens is 172 g/mol. The standard InChI is InChI=1S/C12H26N2/c1-3-5-7-13-8-10-14-9-6-12(4-2)11-14/h12-13H,3-11H2,1-2H3. The summed E-state index contributed by atoms with van der Waals surface area (Å²) in [5, 5.41) is 3.50. The molecular formula is C12H26N2. The lowest BCUT2D eigenvalue weighted by molar-refractivity contribution is 0.320. The van der Waals surface area contributed by atoms with Gasteiger partial charge >= 0.3 is 0 Å². The Morgan fingerprint density at radius 1 is 1.29 bits per heavy atom. The van der Waals surface area contributed by atoms with Crippen molar-refractivity contribution in [1.29, 1.82) is 0 Å². The average Bonchev–Trinajstić information content (AvgIpc) is 2.65. The largest absolute Gasteiger partial charge is 0.315 e. The number of hydrogen-bond acceptors (Lipinski definition) is 2. The van der Waals surface area contributed by atoms with Crippen LogP contribution in [0.25, 0.3) is 0 Å². The van der Waals surface area contributed by atoms with Crippen LogP contribution in [-0.4, -0.2) is 37.6 Å². The summed E-state index contributed by atoms with van der Waals surface area (Å²) in [6, 6.07) is 0. The molecule has 0 bridgehead atoms. The Morgan fingerprint density at radius 2 is 2.14 bits per heavy atom. The Bertz CT molecular complexity index is 136. The number of likely N-dealkylation sites (tertiary alicyclic amines) is 1. The highest BCUT2D eigenvalue weighted by atomic mass is 15.2. The van der Waals surface area contributed by atoms with E-state index in [1.165, 1.54) is 58.4 Å². The van der Waals surface area contributed by atoms with Crippen molar-refractivity contribution in [3.8, 4) is 0 Å². The molecule has 1 heterocycles. The topological polar surface area (TPSA) is 15.3 Å². The fraction of sp³-hybridized carbons (Fsp3) is 1.00. The van der Waals surface area contributed by atoms with Gasteiger partial charge in [-0.15, -0.1) is 0 Å². The van der Waals surface area contributed by atoms with Crippen molar-refractivity contribution in [2.45, 2.75) is 39.5 Å². The van der Waals surface area contributed by atoms with Crippen LogP contribution >= 0.6 is 0 Å². The molecule has 0 saturated carbocycles. The summed E-state index contributed by atoms with van der Waals surface area (Å²) in [5.74, 6) is 0.977. The predicted octanol–water partition coefficient (Wildman–Crippen LogP) is 2.11. The van der Waals surface area contributed by atoms with Crippen LogP contribution in [0.15, 0.2) is 0 Å². The van der Waals surface area contributed by atoms with E-state index in [0.717, 1.165) is 5.92 Å². The molecule has 1 unspecified atom stereocenters. The third kappa shape index (κ3) is 4.43. The van der Waals surface area contributed by atoms with Crippen LogP contribution < -0.4 is 5.32 Å². The minimum Gasteiger partial charge on any atom is -0.315 e. The van der Waals surface area contributed by atoms with Crippen LogP contribution in [0.1, 0.15) is 39.5 Å². The van der Waals surface area contributed by atoms with Crippen LogP contribution in [0.4, 0.5) is 0 Å². The van der Waals surface area contributed by atoms with E-state index in [1.54, 1.807) is 0 Å². The first-order chi connectivity index (χ1) is 6.86. The molecule has 1 aliphatic rings. The lowest BCUT2D eigenvalue weighted by Crippen LogP contribution is -2.31. The van der Waals surface area contributed by atoms with E-state index >= 15 is 0 Å². The molecule has 1 N–H and O–H groups in total. The molecule has 1 saturated heterocycles. The lowest BCUT2D eigenvalue weighted by atomic mass is 10.1. The molecule has 2 heteroatoms. The van der Waals surface area contributed by atoms with E-state index in [1.807, 2.05) is 0 Å². The summed E-state index contributed by atoms with van der Waals surface area (Å²) in [5.41, 5.74) is 0. The van der Waals surface area contributed by atoms with E-state index in [0.29, 0.717) is 0 Å². The molecule has 1 atom stereocenters. The summed E-state index contributed by atoms with van der Waals surface area (Å²) < 4.78 is 0. The fourth-order valence-electron chi connectivity index (χ4n) is 2.11. The Morgan fingerprint density at radius 3 is 2.79 bits per heavy atom. The predicted molar refractivity (Wildman–Crippen MR) is 62.6 cm³/mol. The lowest BCUT2D eigenvalue weighted by Gasteiger charge is -2.15. The van der Waals surface area contributed by atoms with E-state index in [-0.39, 0.29) is 0 Å². The fourth-order valence-corrected chi connectivity index (χ4v) is 2.11. The number of rotatable bonds is 7. The van der Waals surface area contributed by atoms with Gasteiger partial charge < -0.3 is 10.2 Å². The van der Waals surface area contributed by atoms with Gasteiger partial charge in [0.2, 0.25) is 0 Å². The highest BCUT2D eigenvalue weighted by Gasteiger charge is 2.19. The van der Waals surface area contributed by atoms with Crippen molar-refractivity contribution in [3.05, 3.63) is 0 Å². The second-order valence-corrected chi connectivity index (χ2v) is 4.47. The molecule has 0 aromatic rings. The summed E-state index contributed by atoms with van der Waals surface area (Å²) in [6.45, 7) is 10.8. The molecule has 2 nitrogen and oxygen atoms in total. The first-order valence-electron chi connectivity index (χ1n) is 6.29. The van der Waals surface area contributed by atoms with Crippen molar-refractivity contribution in [2.75, 3.05) is 32.7 Å². The zero-order valence-electron chi connectivity index (χ0n) is 9.89. The van der Waals surface area contributed by atoms with Crippen LogP contribution in [0.3, 0.4) is 0 Å². The van der Waals surface area contributed by atoms with Crippen LogP contribution in [0, 0.1) is 5.92 Å². The minimum absolute atomic E-state index is 0.977. The zero-order chi connectivity index (χ0) is 10.2. The first-order valence-corrected chi connectivity index (χ1v) is 6.29. The number of hydrogen-bond donors (Lipinski definition) is 1. The van der Waals surface area contributed by atoms with Crippen molar-refractivity contribution in [1.82, 2.24) is 10.2 Å². The van der Waals surface area contributed by atoms with E-state index in [4.69, 9.17) is 0 Å². The molecule has 84 valence electrons. The van der Waals surface area contributed by atoms with Crippen molar-refractivity contribution in [3.63, 3.8) is 0 Å². The molecule has 1 aliphatic heterocycles. The van der Waals surface area contributed by atoms with Gasteiger partial charge in [0.1, 0.15) is 0 Å².